The van der Waals surface area contributed by atoms with Gasteiger partial charge >= 0.3 is 5.97 Å². The monoisotopic (exact) mass is 270 g/mol. The van der Waals surface area contributed by atoms with Gasteiger partial charge in [-0.3, -0.25) is 0 Å². The lowest BCUT2D eigenvalue weighted by Gasteiger charge is -2.27. The summed E-state index contributed by atoms with van der Waals surface area (Å²) in [6.07, 6.45) is 0.570. The second-order valence-electron chi connectivity index (χ2n) is 3.59. The van der Waals surface area contributed by atoms with Gasteiger partial charge in [0.1, 0.15) is 0 Å². The molecule has 1 rings (SSSR count). The van der Waals surface area contributed by atoms with Crippen LogP contribution in [0.25, 0.3) is 0 Å². The molecule has 1 N–H and O–H groups in total. The van der Waals surface area contributed by atoms with Crippen molar-refractivity contribution in [2.75, 3.05) is 11.5 Å². The first-order chi connectivity index (χ1) is 8.14. The van der Waals surface area contributed by atoms with E-state index in [1.807, 2.05) is 44.2 Å². The van der Waals surface area contributed by atoms with Crippen molar-refractivity contribution in [1.82, 2.24) is 0 Å². The molecule has 0 aromatic heterocycles. The Morgan fingerprint density at radius 3 is 2.12 bits per heavy atom. The fourth-order valence-electron chi connectivity index (χ4n) is 1.67. The van der Waals surface area contributed by atoms with Crippen LogP contribution in [0.2, 0.25) is 0 Å². The summed E-state index contributed by atoms with van der Waals surface area (Å²) in [4.78, 5) is 11.6. The molecule has 0 amide bonds. The first kappa shape index (κ1) is 14.5. The van der Waals surface area contributed by atoms with E-state index in [0.717, 1.165) is 17.1 Å². The van der Waals surface area contributed by atoms with Crippen molar-refractivity contribution < 1.29 is 9.90 Å². The summed E-state index contributed by atoms with van der Waals surface area (Å²) in [7, 11) is 0. The summed E-state index contributed by atoms with van der Waals surface area (Å²) >= 11 is 3.03. The van der Waals surface area contributed by atoms with E-state index < -0.39 is 10.0 Å². The Balaban J connectivity index is 2.92. The molecule has 1 aromatic carbocycles. The Labute approximate surface area is 111 Å². The minimum Gasteiger partial charge on any atom is -0.480 e. The van der Waals surface area contributed by atoms with E-state index in [-0.39, 0.29) is 0 Å². The standard InChI is InChI=1S/C13H18O2S2/c1-3-16-13(12(14)15,17-4-2)10-11-8-6-5-7-9-11/h5-9H,3-4,10H2,1-2H3,(H,14,15). The normalized spacial score (nSPS) is 11.4. The van der Waals surface area contributed by atoms with Gasteiger partial charge in [-0.15, -0.1) is 23.5 Å². The molecule has 4 heteroatoms. The molecule has 0 aliphatic heterocycles. The van der Waals surface area contributed by atoms with Crippen molar-refractivity contribution in [1.29, 1.82) is 0 Å². The van der Waals surface area contributed by atoms with Crippen LogP contribution in [-0.4, -0.2) is 26.7 Å². The second kappa shape index (κ2) is 6.97. The highest BCUT2D eigenvalue weighted by Gasteiger charge is 2.38. The molecule has 0 heterocycles. The lowest BCUT2D eigenvalue weighted by atomic mass is 10.1. The third kappa shape index (κ3) is 3.96. The summed E-state index contributed by atoms with van der Waals surface area (Å²) in [5.74, 6) is 0.901. The molecule has 0 saturated carbocycles. The Kier molecular flexibility index (Phi) is 5.92. The van der Waals surface area contributed by atoms with Crippen LogP contribution in [-0.2, 0) is 11.2 Å². The maximum absolute atomic E-state index is 11.6. The van der Waals surface area contributed by atoms with E-state index in [0.29, 0.717) is 6.42 Å². The molecule has 0 fully saturated rings. The topological polar surface area (TPSA) is 37.3 Å². The number of carboxylic acids is 1. The van der Waals surface area contributed by atoms with Gasteiger partial charge in [0.05, 0.1) is 0 Å². The summed E-state index contributed by atoms with van der Waals surface area (Å²) in [5, 5.41) is 9.51. The number of carbonyl (C=O) groups is 1. The van der Waals surface area contributed by atoms with Gasteiger partial charge in [-0.05, 0) is 17.1 Å². The van der Waals surface area contributed by atoms with Crippen molar-refractivity contribution in [3.05, 3.63) is 35.9 Å². The largest absolute Gasteiger partial charge is 0.480 e. The average Bonchev–Trinajstić information content (AvgIpc) is 2.30. The molecule has 0 atom stereocenters. The first-order valence-electron chi connectivity index (χ1n) is 5.70. The summed E-state index contributed by atoms with van der Waals surface area (Å²) in [5.41, 5.74) is 1.08. The molecule has 0 saturated heterocycles. The molecule has 94 valence electrons. The summed E-state index contributed by atoms with van der Waals surface area (Å²) < 4.78 is -0.745. The molecule has 0 unspecified atom stereocenters. The van der Waals surface area contributed by atoms with Crippen molar-refractivity contribution in [2.24, 2.45) is 0 Å². The van der Waals surface area contributed by atoms with Gasteiger partial charge in [-0.1, -0.05) is 44.2 Å². The smallest absolute Gasteiger partial charge is 0.330 e. The Morgan fingerprint density at radius 1 is 1.18 bits per heavy atom. The molecule has 17 heavy (non-hydrogen) atoms. The van der Waals surface area contributed by atoms with Gasteiger partial charge in [0.25, 0.3) is 0 Å². The van der Waals surface area contributed by atoms with E-state index in [1.165, 1.54) is 23.5 Å². The fourth-order valence-corrected chi connectivity index (χ4v) is 4.43. The van der Waals surface area contributed by atoms with Crippen LogP contribution in [0.5, 0.6) is 0 Å². The highest BCUT2D eigenvalue weighted by Crippen LogP contribution is 2.40. The molecule has 0 aliphatic carbocycles. The molecule has 0 radical (unpaired) electrons. The van der Waals surface area contributed by atoms with E-state index in [9.17, 15) is 9.90 Å². The van der Waals surface area contributed by atoms with Gasteiger partial charge < -0.3 is 5.11 Å². The minimum absolute atomic E-state index is 0.570. The van der Waals surface area contributed by atoms with Gasteiger partial charge in [0.2, 0.25) is 0 Å². The third-order valence-corrected chi connectivity index (χ3v) is 5.22. The zero-order chi connectivity index (χ0) is 12.7. The predicted octanol–water partition coefficient (Wildman–Crippen LogP) is 3.52. The Bertz CT molecular complexity index is 346. The molecule has 2 nitrogen and oxygen atoms in total. The summed E-state index contributed by atoms with van der Waals surface area (Å²) in [6, 6.07) is 9.84. The first-order valence-corrected chi connectivity index (χ1v) is 7.67. The van der Waals surface area contributed by atoms with Crippen LogP contribution < -0.4 is 0 Å². The number of benzene rings is 1. The number of hydrogen-bond donors (Lipinski definition) is 1. The number of rotatable bonds is 7. The van der Waals surface area contributed by atoms with Crippen LogP contribution in [0.4, 0.5) is 0 Å². The number of thioether (sulfide) groups is 2. The minimum atomic E-state index is -0.745. The quantitative estimate of drug-likeness (QED) is 0.769. The number of carboxylic acid groups (broad SMARTS) is 1. The van der Waals surface area contributed by atoms with Crippen LogP contribution >= 0.6 is 23.5 Å². The van der Waals surface area contributed by atoms with Gasteiger partial charge in [-0.25, -0.2) is 4.79 Å². The van der Waals surface area contributed by atoms with E-state index in [4.69, 9.17) is 0 Å². The molecule has 1 aromatic rings. The van der Waals surface area contributed by atoms with Crippen molar-refractivity contribution in [2.45, 2.75) is 24.3 Å². The third-order valence-electron chi connectivity index (χ3n) is 2.36. The average molecular weight is 270 g/mol. The SMILES string of the molecule is CCSC(Cc1ccccc1)(SCC)C(=O)O. The predicted molar refractivity (Wildman–Crippen MR) is 76.8 cm³/mol. The van der Waals surface area contributed by atoms with E-state index in [2.05, 4.69) is 0 Å². The van der Waals surface area contributed by atoms with Gasteiger partial charge in [0.15, 0.2) is 4.08 Å². The molecular weight excluding hydrogens is 252 g/mol. The van der Waals surface area contributed by atoms with Crippen molar-refractivity contribution in [3.63, 3.8) is 0 Å². The highest BCUT2D eigenvalue weighted by atomic mass is 32.2. The van der Waals surface area contributed by atoms with Crippen molar-refractivity contribution >= 4 is 29.5 Å². The maximum atomic E-state index is 11.6. The van der Waals surface area contributed by atoms with E-state index >= 15 is 0 Å². The lowest BCUT2D eigenvalue weighted by molar-refractivity contribution is -0.137. The molecular formula is C13H18O2S2. The molecule has 0 bridgehead atoms. The second-order valence-corrected chi connectivity index (χ2v) is 6.97. The molecule has 0 aliphatic rings. The van der Waals surface area contributed by atoms with Gasteiger partial charge in [0, 0.05) is 6.42 Å². The van der Waals surface area contributed by atoms with Crippen LogP contribution in [0.3, 0.4) is 0 Å². The fraction of sp³-hybridized carbons (Fsp3) is 0.462. The lowest BCUT2D eigenvalue weighted by Crippen LogP contribution is -2.34. The highest BCUT2D eigenvalue weighted by molar-refractivity contribution is 8.19. The van der Waals surface area contributed by atoms with Crippen LogP contribution in [0, 0.1) is 0 Å². The Morgan fingerprint density at radius 2 is 1.71 bits per heavy atom. The van der Waals surface area contributed by atoms with Crippen LogP contribution in [0.15, 0.2) is 30.3 Å². The maximum Gasteiger partial charge on any atom is 0.330 e. The van der Waals surface area contributed by atoms with E-state index in [1.54, 1.807) is 0 Å². The Hall–Kier alpha value is -0.610. The zero-order valence-electron chi connectivity index (χ0n) is 10.2. The zero-order valence-corrected chi connectivity index (χ0v) is 11.8. The van der Waals surface area contributed by atoms with Gasteiger partial charge in [-0.2, -0.15) is 0 Å². The summed E-state index contributed by atoms with van der Waals surface area (Å²) in [6.45, 7) is 4.01. The van der Waals surface area contributed by atoms with Crippen LogP contribution in [0.1, 0.15) is 19.4 Å². The van der Waals surface area contributed by atoms with Crippen molar-refractivity contribution in [3.8, 4) is 0 Å². The number of hydrogen-bond acceptors (Lipinski definition) is 3. The molecule has 0 spiro atoms. The number of aliphatic carboxylic acids is 1.